The third kappa shape index (κ3) is 3.05. The Hall–Kier alpha value is -2.16. The zero-order chi connectivity index (χ0) is 20.2. The summed E-state index contributed by atoms with van der Waals surface area (Å²) in [5.74, 6) is -2.07. The molecule has 1 aliphatic heterocycles. The van der Waals surface area contributed by atoms with Gasteiger partial charge in [-0.05, 0) is 38.3 Å². The molecule has 4 N–H and O–H groups in total. The van der Waals surface area contributed by atoms with Gasteiger partial charge in [0.2, 0.25) is 5.43 Å². The van der Waals surface area contributed by atoms with Crippen LogP contribution >= 0.6 is 11.6 Å². The van der Waals surface area contributed by atoms with Crippen molar-refractivity contribution in [1.82, 2.24) is 4.57 Å². The molecule has 2 fully saturated rings. The number of aromatic carboxylic acids is 1. The molecule has 1 aromatic heterocycles. The second-order valence-corrected chi connectivity index (χ2v) is 8.05. The van der Waals surface area contributed by atoms with Crippen LogP contribution < -0.4 is 16.1 Å². The van der Waals surface area contributed by atoms with Crippen molar-refractivity contribution in [3.05, 3.63) is 38.9 Å². The van der Waals surface area contributed by atoms with Gasteiger partial charge < -0.3 is 25.4 Å². The molecule has 1 aromatic carbocycles. The van der Waals surface area contributed by atoms with Gasteiger partial charge in [0.25, 0.3) is 0 Å². The summed E-state index contributed by atoms with van der Waals surface area (Å²) in [6.45, 7) is 0.907. The first-order valence-corrected chi connectivity index (χ1v) is 9.61. The van der Waals surface area contributed by atoms with Crippen molar-refractivity contribution in [2.45, 2.75) is 37.3 Å². The van der Waals surface area contributed by atoms with E-state index in [-0.39, 0.29) is 28.7 Å². The highest BCUT2D eigenvalue weighted by molar-refractivity contribution is 6.38. The van der Waals surface area contributed by atoms with Crippen molar-refractivity contribution in [2.24, 2.45) is 5.73 Å². The Morgan fingerprint density at radius 3 is 2.75 bits per heavy atom. The van der Waals surface area contributed by atoms with Crippen LogP contribution in [0.1, 0.15) is 42.1 Å². The van der Waals surface area contributed by atoms with E-state index in [4.69, 9.17) is 17.3 Å². The summed E-state index contributed by atoms with van der Waals surface area (Å²) < 4.78 is 16.7. The van der Waals surface area contributed by atoms with Gasteiger partial charge in [-0.15, -0.1) is 0 Å². The molecule has 1 aliphatic carbocycles. The van der Waals surface area contributed by atoms with Crippen LogP contribution in [0.4, 0.5) is 10.1 Å². The lowest BCUT2D eigenvalue weighted by Gasteiger charge is -2.26. The third-order valence-electron chi connectivity index (χ3n) is 5.61. The summed E-state index contributed by atoms with van der Waals surface area (Å²) in [6.07, 6.45) is 3.80. The number of nitrogens with two attached hydrogens (primary N) is 1. The summed E-state index contributed by atoms with van der Waals surface area (Å²) in [7, 11) is 0. The van der Waals surface area contributed by atoms with E-state index >= 15 is 4.39 Å². The molecule has 1 unspecified atom stereocenters. The number of β-amino-alcohol motifs (C(OH)–C–C–N with tert-alkyl or cyclic N) is 1. The molecule has 1 atom stereocenters. The van der Waals surface area contributed by atoms with E-state index in [1.807, 2.05) is 0 Å². The van der Waals surface area contributed by atoms with Crippen molar-refractivity contribution >= 4 is 34.2 Å². The van der Waals surface area contributed by atoms with Gasteiger partial charge in [0.15, 0.2) is 0 Å². The van der Waals surface area contributed by atoms with Gasteiger partial charge in [0.05, 0.1) is 27.2 Å². The smallest absolute Gasteiger partial charge is 0.341 e. The predicted molar refractivity (Wildman–Crippen MR) is 104 cm³/mol. The number of hydrogen-bond donors (Lipinski definition) is 3. The number of carbonyl (C=O) groups is 1. The van der Waals surface area contributed by atoms with Crippen molar-refractivity contribution in [2.75, 3.05) is 24.5 Å². The number of carboxylic acid groups (broad SMARTS) is 1. The van der Waals surface area contributed by atoms with Crippen LogP contribution in [0.15, 0.2) is 17.1 Å². The number of benzene rings is 1. The van der Waals surface area contributed by atoms with E-state index in [2.05, 4.69) is 0 Å². The maximum absolute atomic E-state index is 15.0. The molecule has 150 valence electrons. The largest absolute Gasteiger partial charge is 0.477 e. The number of anilines is 1. The van der Waals surface area contributed by atoms with Crippen LogP contribution in [-0.4, -0.2) is 46.0 Å². The molecule has 0 amide bonds. The van der Waals surface area contributed by atoms with E-state index in [1.165, 1.54) is 6.20 Å². The van der Waals surface area contributed by atoms with Crippen LogP contribution in [-0.2, 0) is 0 Å². The number of fused-ring (bicyclic) bond motifs is 1. The fourth-order valence-electron chi connectivity index (χ4n) is 4.03. The first kappa shape index (κ1) is 19.2. The standard InChI is InChI=1S/C19H21ClFN3O4/c20-14-15-11(17(25)12(18(26)27)8-24(15)10-1-2-10)7-13(21)16(14)23-6-4-19(28,9-23)3-5-22/h7-8,10,28H,1-6,9,22H2,(H,26,27). The zero-order valence-corrected chi connectivity index (χ0v) is 15.9. The lowest BCUT2D eigenvalue weighted by Crippen LogP contribution is -2.35. The highest BCUT2D eigenvalue weighted by atomic mass is 35.5. The molecule has 1 saturated heterocycles. The van der Waals surface area contributed by atoms with E-state index in [1.54, 1.807) is 9.47 Å². The number of aromatic nitrogens is 1. The fourth-order valence-corrected chi connectivity index (χ4v) is 4.44. The lowest BCUT2D eigenvalue weighted by atomic mass is 9.99. The maximum Gasteiger partial charge on any atom is 0.341 e. The quantitative estimate of drug-likeness (QED) is 0.698. The summed E-state index contributed by atoms with van der Waals surface area (Å²) in [6, 6.07) is 1.09. The molecule has 0 spiro atoms. The highest BCUT2D eigenvalue weighted by Crippen LogP contribution is 2.43. The molecule has 4 rings (SSSR count). The number of hydrogen-bond acceptors (Lipinski definition) is 5. The molecule has 9 heteroatoms. The van der Waals surface area contributed by atoms with Gasteiger partial charge in [-0.2, -0.15) is 0 Å². The number of aliphatic hydroxyl groups is 1. The van der Waals surface area contributed by atoms with Gasteiger partial charge in [0, 0.05) is 25.3 Å². The Bertz CT molecular complexity index is 1040. The minimum Gasteiger partial charge on any atom is -0.477 e. The van der Waals surface area contributed by atoms with Crippen LogP contribution in [0.5, 0.6) is 0 Å². The van der Waals surface area contributed by atoms with Gasteiger partial charge in [-0.3, -0.25) is 4.79 Å². The predicted octanol–water partition coefficient (Wildman–Crippen LogP) is 2.12. The summed E-state index contributed by atoms with van der Waals surface area (Å²) in [4.78, 5) is 25.7. The SMILES string of the molecule is NCCC1(O)CCN(c2c(F)cc3c(=O)c(C(=O)O)cn(C4CC4)c3c2Cl)C1. The Balaban J connectivity index is 1.91. The van der Waals surface area contributed by atoms with Crippen molar-refractivity contribution in [1.29, 1.82) is 0 Å². The first-order valence-electron chi connectivity index (χ1n) is 9.23. The molecule has 0 radical (unpaired) electrons. The molecule has 2 aromatic rings. The maximum atomic E-state index is 15.0. The Labute approximate surface area is 165 Å². The number of nitrogens with zero attached hydrogens (tertiary/aromatic N) is 2. The zero-order valence-electron chi connectivity index (χ0n) is 15.1. The van der Waals surface area contributed by atoms with Gasteiger partial charge in [-0.25, -0.2) is 9.18 Å². The fraction of sp³-hybridized carbons (Fsp3) is 0.474. The molecule has 7 nitrogen and oxygen atoms in total. The number of rotatable bonds is 5. The molecule has 1 saturated carbocycles. The Kier molecular flexibility index (Phi) is 4.60. The van der Waals surface area contributed by atoms with E-state index in [0.29, 0.717) is 31.4 Å². The Morgan fingerprint density at radius 1 is 1.43 bits per heavy atom. The number of carboxylic acids is 1. The van der Waals surface area contributed by atoms with Gasteiger partial charge in [-0.1, -0.05) is 11.6 Å². The topological polar surface area (TPSA) is 109 Å². The molecule has 0 bridgehead atoms. The second-order valence-electron chi connectivity index (χ2n) is 7.67. The third-order valence-corrected chi connectivity index (χ3v) is 5.97. The normalized spacial score (nSPS) is 22.2. The van der Waals surface area contributed by atoms with Crippen LogP contribution in [0.2, 0.25) is 5.02 Å². The van der Waals surface area contributed by atoms with E-state index in [0.717, 1.165) is 18.9 Å². The number of pyridine rings is 1. The van der Waals surface area contributed by atoms with Gasteiger partial charge >= 0.3 is 5.97 Å². The monoisotopic (exact) mass is 409 g/mol. The number of halogens is 2. The van der Waals surface area contributed by atoms with Crippen molar-refractivity contribution < 1.29 is 19.4 Å². The lowest BCUT2D eigenvalue weighted by molar-refractivity contribution is 0.0567. The summed E-state index contributed by atoms with van der Waals surface area (Å²) >= 11 is 6.58. The molecule has 2 heterocycles. The van der Waals surface area contributed by atoms with E-state index in [9.17, 15) is 19.8 Å². The van der Waals surface area contributed by atoms with Gasteiger partial charge in [0.1, 0.15) is 11.4 Å². The summed E-state index contributed by atoms with van der Waals surface area (Å²) in [5, 5.41) is 20.0. The van der Waals surface area contributed by atoms with Crippen LogP contribution in [0, 0.1) is 5.82 Å². The average Bonchev–Trinajstić information content (AvgIpc) is 3.39. The van der Waals surface area contributed by atoms with Crippen LogP contribution in [0.25, 0.3) is 10.9 Å². The molecule has 28 heavy (non-hydrogen) atoms. The molecule has 2 aliphatic rings. The first-order chi connectivity index (χ1) is 13.3. The Morgan fingerprint density at radius 2 is 2.14 bits per heavy atom. The van der Waals surface area contributed by atoms with Crippen molar-refractivity contribution in [3.63, 3.8) is 0 Å². The highest BCUT2D eigenvalue weighted by Gasteiger charge is 2.38. The average molecular weight is 410 g/mol. The van der Waals surface area contributed by atoms with E-state index < -0.39 is 28.4 Å². The van der Waals surface area contributed by atoms with Crippen LogP contribution in [0.3, 0.4) is 0 Å². The minimum absolute atomic E-state index is 0.0322. The minimum atomic E-state index is -1.35. The summed E-state index contributed by atoms with van der Waals surface area (Å²) in [5.41, 5.74) is 3.85. The second kappa shape index (κ2) is 6.72. The molecular weight excluding hydrogens is 389 g/mol. The van der Waals surface area contributed by atoms with Crippen molar-refractivity contribution in [3.8, 4) is 0 Å². The molecular formula is C19H21ClFN3O4.